The Morgan fingerprint density at radius 1 is 1.17 bits per heavy atom. The van der Waals surface area contributed by atoms with Gasteiger partial charge in [-0.1, -0.05) is 19.3 Å². The lowest BCUT2D eigenvalue weighted by Gasteiger charge is -2.40. The molecular weight excluding hydrogens is 242 g/mol. The van der Waals surface area contributed by atoms with E-state index in [0.717, 1.165) is 24.9 Å². The Hall–Kier alpha value is 0.270. The summed E-state index contributed by atoms with van der Waals surface area (Å²) < 4.78 is 5.44. The maximum absolute atomic E-state index is 5.44. The summed E-state index contributed by atoms with van der Waals surface area (Å²) in [6, 6.07) is 0. The number of nitrogens with zero attached hydrogens (tertiary/aromatic N) is 1. The first-order chi connectivity index (χ1) is 8.74. The van der Waals surface area contributed by atoms with Crippen molar-refractivity contribution >= 4 is 12.6 Å². The molecule has 1 aliphatic carbocycles. The van der Waals surface area contributed by atoms with Gasteiger partial charge in [0.05, 0.1) is 0 Å². The molecule has 0 aromatic carbocycles. The van der Waals surface area contributed by atoms with Crippen LogP contribution in [0.4, 0.5) is 0 Å². The summed E-state index contributed by atoms with van der Waals surface area (Å²) in [5.41, 5.74) is 0.501. The van der Waals surface area contributed by atoms with Gasteiger partial charge in [-0.05, 0) is 49.8 Å². The second kappa shape index (κ2) is 7.16. The lowest BCUT2D eigenvalue weighted by molar-refractivity contribution is 0.0477. The highest BCUT2D eigenvalue weighted by atomic mass is 32.1. The lowest BCUT2D eigenvalue weighted by Crippen LogP contribution is -2.41. The smallest absolute Gasteiger partial charge is 0.0469 e. The quantitative estimate of drug-likeness (QED) is 0.771. The van der Waals surface area contributed by atoms with Crippen LogP contribution in [0.25, 0.3) is 0 Å². The zero-order valence-electron chi connectivity index (χ0n) is 11.9. The van der Waals surface area contributed by atoms with Crippen molar-refractivity contribution in [3.63, 3.8) is 0 Å². The van der Waals surface area contributed by atoms with Crippen LogP contribution in [0.1, 0.15) is 44.9 Å². The zero-order valence-corrected chi connectivity index (χ0v) is 12.8. The van der Waals surface area contributed by atoms with E-state index < -0.39 is 0 Å². The van der Waals surface area contributed by atoms with Crippen LogP contribution >= 0.6 is 12.6 Å². The van der Waals surface area contributed by atoms with Crippen LogP contribution in [0.3, 0.4) is 0 Å². The topological polar surface area (TPSA) is 12.5 Å². The first-order valence-corrected chi connectivity index (χ1v) is 8.24. The molecule has 0 amide bonds. The van der Waals surface area contributed by atoms with Crippen LogP contribution in [-0.2, 0) is 4.74 Å². The normalized spacial score (nSPS) is 25.5. The van der Waals surface area contributed by atoms with E-state index in [9.17, 15) is 0 Å². The lowest BCUT2D eigenvalue weighted by atomic mass is 9.75. The zero-order chi connectivity index (χ0) is 12.8. The largest absolute Gasteiger partial charge is 0.381 e. The molecule has 2 fully saturated rings. The number of thiol groups is 1. The number of hydrogen-bond donors (Lipinski definition) is 1. The minimum Gasteiger partial charge on any atom is -0.381 e. The molecule has 2 aliphatic rings. The Bertz CT molecular complexity index is 235. The molecule has 1 saturated heterocycles. The molecule has 3 heteroatoms. The summed E-state index contributed by atoms with van der Waals surface area (Å²) in [6.45, 7) is 4.43. The van der Waals surface area contributed by atoms with Crippen LogP contribution in [0, 0.1) is 11.3 Å². The fourth-order valence-electron chi connectivity index (χ4n) is 3.67. The second-order valence-corrected chi connectivity index (χ2v) is 6.79. The van der Waals surface area contributed by atoms with Gasteiger partial charge in [0.2, 0.25) is 0 Å². The predicted molar refractivity (Wildman–Crippen MR) is 80.4 cm³/mol. The summed E-state index contributed by atoms with van der Waals surface area (Å²) in [5.74, 6) is 1.91. The second-order valence-electron chi connectivity index (χ2n) is 6.47. The van der Waals surface area contributed by atoms with Crippen molar-refractivity contribution in [2.45, 2.75) is 44.9 Å². The first kappa shape index (κ1) is 14.7. The van der Waals surface area contributed by atoms with Crippen LogP contribution in [0.2, 0.25) is 0 Å². The molecule has 1 heterocycles. The van der Waals surface area contributed by atoms with E-state index in [-0.39, 0.29) is 0 Å². The molecule has 0 unspecified atom stereocenters. The Kier molecular flexibility index (Phi) is 5.84. The minimum absolute atomic E-state index is 0.501. The summed E-state index contributed by atoms with van der Waals surface area (Å²) in [6.07, 6.45) is 9.51. The SMILES string of the molecule is CN(CC1CCOCC1)CC1(CS)CCCCC1. The molecule has 18 heavy (non-hydrogen) atoms. The van der Waals surface area contributed by atoms with Gasteiger partial charge in [-0.2, -0.15) is 12.6 Å². The Balaban J connectivity index is 1.78. The molecule has 0 spiro atoms. The molecular formula is C15H29NOS. The third kappa shape index (κ3) is 4.14. The molecule has 0 aromatic heterocycles. The van der Waals surface area contributed by atoms with Crippen molar-refractivity contribution in [1.29, 1.82) is 0 Å². The van der Waals surface area contributed by atoms with Gasteiger partial charge in [-0.15, -0.1) is 0 Å². The summed E-state index contributed by atoms with van der Waals surface area (Å²) in [5, 5.41) is 0. The highest BCUT2D eigenvalue weighted by molar-refractivity contribution is 7.80. The van der Waals surface area contributed by atoms with Gasteiger partial charge in [-0.3, -0.25) is 0 Å². The number of ether oxygens (including phenoxy) is 1. The standard InChI is InChI=1S/C15H29NOS/c1-16(11-14-5-9-17-10-6-14)12-15(13-18)7-3-2-4-8-15/h14,18H,2-13H2,1H3. The van der Waals surface area contributed by atoms with E-state index in [2.05, 4.69) is 24.6 Å². The summed E-state index contributed by atoms with van der Waals surface area (Å²) >= 11 is 4.64. The van der Waals surface area contributed by atoms with E-state index in [0.29, 0.717) is 5.41 Å². The van der Waals surface area contributed by atoms with Crippen LogP contribution < -0.4 is 0 Å². The molecule has 2 rings (SSSR count). The highest BCUT2D eigenvalue weighted by Crippen LogP contribution is 2.38. The van der Waals surface area contributed by atoms with E-state index in [1.807, 2.05) is 0 Å². The van der Waals surface area contributed by atoms with E-state index in [4.69, 9.17) is 4.74 Å². The number of rotatable bonds is 5. The fraction of sp³-hybridized carbons (Fsp3) is 1.00. The minimum atomic E-state index is 0.501. The third-order valence-corrected chi connectivity index (χ3v) is 5.44. The third-order valence-electron chi connectivity index (χ3n) is 4.77. The molecule has 1 aliphatic heterocycles. The molecule has 0 radical (unpaired) electrons. The molecule has 2 nitrogen and oxygen atoms in total. The first-order valence-electron chi connectivity index (χ1n) is 7.61. The van der Waals surface area contributed by atoms with Gasteiger partial charge >= 0.3 is 0 Å². The fourth-order valence-corrected chi connectivity index (χ4v) is 4.09. The Morgan fingerprint density at radius 3 is 2.44 bits per heavy atom. The van der Waals surface area contributed by atoms with Gasteiger partial charge in [-0.25, -0.2) is 0 Å². The predicted octanol–water partition coefficient (Wildman–Crippen LogP) is 3.23. The van der Waals surface area contributed by atoms with Crippen molar-refractivity contribution in [1.82, 2.24) is 4.90 Å². The molecule has 0 bridgehead atoms. The van der Waals surface area contributed by atoms with E-state index in [1.54, 1.807) is 0 Å². The van der Waals surface area contributed by atoms with E-state index >= 15 is 0 Å². The van der Waals surface area contributed by atoms with Gasteiger partial charge in [0.15, 0.2) is 0 Å². The average molecular weight is 271 g/mol. The summed E-state index contributed by atoms with van der Waals surface area (Å²) in [7, 11) is 2.30. The molecule has 106 valence electrons. The molecule has 0 N–H and O–H groups in total. The van der Waals surface area contributed by atoms with Gasteiger partial charge in [0.1, 0.15) is 0 Å². The number of hydrogen-bond acceptors (Lipinski definition) is 3. The van der Waals surface area contributed by atoms with Gasteiger partial charge in [0, 0.05) is 26.3 Å². The molecule has 1 saturated carbocycles. The van der Waals surface area contributed by atoms with Crippen molar-refractivity contribution < 1.29 is 4.74 Å². The van der Waals surface area contributed by atoms with Gasteiger partial charge in [0.25, 0.3) is 0 Å². The Labute approximate surface area is 118 Å². The maximum atomic E-state index is 5.44. The van der Waals surface area contributed by atoms with Crippen LogP contribution in [0.15, 0.2) is 0 Å². The highest BCUT2D eigenvalue weighted by Gasteiger charge is 2.32. The van der Waals surface area contributed by atoms with Crippen molar-refractivity contribution in [2.24, 2.45) is 11.3 Å². The van der Waals surface area contributed by atoms with E-state index in [1.165, 1.54) is 58.0 Å². The molecule has 0 atom stereocenters. The summed E-state index contributed by atoms with van der Waals surface area (Å²) in [4.78, 5) is 2.57. The van der Waals surface area contributed by atoms with Crippen LogP contribution in [-0.4, -0.2) is 44.0 Å². The van der Waals surface area contributed by atoms with Crippen molar-refractivity contribution in [3.05, 3.63) is 0 Å². The monoisotopic (exact) mass is 271 g/mol. The maximum Gasteiger partial charge on any atom is 0.0469 e. The van der Waals surface area contributed by atoms with Crippen molar-refractivity contribution in [3.8, 4) is 0 Å². The van der Waals surface area contributed by atoms with Crippen LogP contribution in [0.5, 0.6) is 0 Å². The molecule has 0 aromatic rings. The van der Waals surface area contributed by atoms with Gasteiger partial charge < -0.3 is 9.64 Å². The Morgan fingerprint density at radius 2 is 1.83 bits per heavy atom. The average Bonchev–Trinajstić information content (AvgIpc) is 2.41. The van der Waals surface area contributed by atoms with Crippen molar-refractivity contribution in [2.75, 3.05) is 39.1 Å².